The molecule has 0 unspecified atom stereocenters. The molecule has 1 aliphatic rings. The molecule has 0 N–H and O–H groups in total. The third kappa shape index (κ3) is 3.67. The van der Waals surface area contributed by atoms with Gasteiger partial charge in [-0.3, -0.25) is 4.98 Å². The lowest BCUT2D eigenvalue weighted by atomic mass is 9.99. The van der Waals surface area contributed by atoms with Gasteiger partial charge < -0.3 is 9.47 Å². The highest BCUT2D eigenvalue weighted by molar-refractivity contribution is 5.83. The highest BCUT2D eigenvalue weighted by Crippen LogP contribution is 2.56. The molecule has 0 spiro atoms. The molecule has 5 aromatic rings. The Kier molecular flexibility index (Phi) is 5.02. The Balaban J connectivity index is 1.44. The van der Waals surface area contributed by atoms with E-state index < -0.39 is 11.7 Å². The number of rotatable bonds is 5. The van der Waals surface area contributed by atoms with Crippen molar-refractivity contribution in [2.75, 3.05) is 14.2 Å². The molecule has 1 saturated carbocycles. The number of ether oxygens (including phenoxy) is 2. The Morgan fingerprint density at radius 3 is 2.64 bits per heavy atom. The van der Waals surface area contributed by atoms with E-state index in [4.69, 9.17) is 9.47 Å². The molecular formula is C25H19F3N6O2. The van der Waals surface area contributed by atoms with Gasteiger partial charge in [-0.15, -0.1) is 0 Å². The van der Waals surface area contributed by atoms with Crippen LogP contribution in [-0.2, 0) is 6.18 Å². The predicted octanol–water partition coefficient (Wildman–Crippen LogP) is 5.04. The maximum absolute atomic E-state index is 13.8. The number of fused-ring (bicyclic) bond motifs is 2. The number of nitrogens with zero attached hydrogens (tertiary/aromatic N) is 6. The number of hydrogen-bond donors (Lipinski definition) is 0. The molecule has 11 heteroatoms. The topological polar surface area (TPSA) is 87.3 Å². The lowest BCUT2D eigenvalue weighted by Crippen LogP contribution is -2.07. The summed E-state index contributed by atoms with van der Waals surface area (Å²) in [4.78, 5) is 16.8. The van der Waals surface area contributed by atoms with Crippen LogP contribution in [0.2, 0.25) is 0 Å². The first-order chi connectivity index (χ1) is 17.4. The van der Waals surface area contributed by atoms with Crippen molar-refractivity contribution in [1.29, 1.82) is 0 Å². The minimum absolute atomic E-state index is 0.0305. The standard InChI is InChI=1S/C25H19F3N6O2/c1-35-23-18(12-31-24(32-23)36-2)20-11-17(22-30-6-7-34(22)33-20)16-10-15(16)14-8-13-4-3-5-29-21(13)19(9-14)25(26,27)28/h3-9,11-12,15-16H,10H2,1-2H3/t15-,16+/m1/s1. The van der Waals surface area contributed by atoms with E-state index >= 15 is 0 Å². The molecular weight excluding hydrogens is 473 g/mol. The van der Waals surface area contributed by atoms with Gasteiger partial charge in [-0.25, -0.2) is 14.5 Å². The average molecular weight is 492 g/mol. The first-order valence-electron chi connectivity index (χ1n) is 11.1. The summed E-state index contributed by atoms with van der Waals surface area (Å²) >= 11 is 0. The smallest absolute Gasteiger partial charge is 0.418 e. The van der Waals surface area contributed by atoms with Gasteiger partial charge in [0.05, 0.1) is 36.6 Å². The largest absolute Gasteiger partial charge is 0.480 e. The summed E-state index contributed by atoms with van der Waals surface area (Å²) in [5.41, 5.74) is 2.51. The number of alkyl halides is 3. The first kappa shape index (κ1) is 22.2. The molecule has 0 aliphatic heterocycles. The molecule has 1 aromatic carbocycles. The van der Waals surface area contributed by atoms with Gasteiger partial charge >= 0.3 is 12.2 Å². The fourth-order valence-electron chi connectivity index (χ4n) is 4.68. The van der Waals surface area contributed by atoms with Crippen molar-refractivity contribution < 1.29 is 22.6 Å². The maximum atomic E-state index is 13.8. The summed E-state index contributed by atoms with van der Waals surface area (Å²) < 4.78 is 53.7. The van der Waals surface area contributed by atoms with Crippen molar-refractivity contribution in [2.45, 2.75) is 24.4 Å². The van der Waals surface area contributed by atoms with E-state index in [9.17, 15) is 13.2 Å². The van der Waals surface area contributed by atoms with Crippen LogP contribution in [0.5, 0.6) is 11.9 Å². The van der Waals surface area contributed by atoms with E-state index in [1.54, 1.807) is 41.3 Å². The molecule has 4 aromatic heterocycles. The van der Waals surface area contributed by atoms with E-state index in [-0.39, 0.29) is 23.4 Å². The van der Waals surface area contributed by atoms with Crippen LogP contribution in [-0.4, -0.2) is 43.8 Å². The van der Waals surface area contributed by atoms with Crippen LogP contribution < -0.4 is 9.47 Å². The highest BCUT2D eigenvalue weighted by atomic mass is 19.4. The maximum Gasteiger partial charge on any atom is 0.418 e. The van der Waals surface area contributed by atoms with E-state index in [0.29, 0.717) is 40.2 Å². The van der Waals surface area contributed by atoms with Gasteiger partial charge in [0.1, 0.15) is 0 Å². The van der Waals surface area contributed by atoms with Gasteiger partial charge in [0.2, 0.25) is 5.88 Å². The number of benzene rings is 1. The quantitative estimate of drug-likeness (QED) is 0.340. The number of hydrogen-bond acceptors (Lipinski definition) is 7. The van der Waals surface area contributed by atoms with Crippen LogP contribution in [0.15, 0.2) is 55.1 Å². The summed E-state index contributed by atoms with van der Waals surface area (Å²) in [6, 6.07) is 8.37. The van der Waals surface area contributed by atoms with Crippen LogP contribution in [0, 0.1) is 0 Å². The molecule has 36 heavy (non-hydrogen) atoms. The van der Waals surface area contributed by atoms with Crippen LogP contribution >= 0.6 is 0 Å². The van der Waals surface area contributed by atoms with E-state index in [2.05, 4.69) is 25.0 Å². The number of aromatic nitrogens is 6. The minimum Gasteiger partial charge on any atom is -0.480 e. The third-order valence-electron chi connectivity index (χ3n) is 6.42. The van der Waals surface area contributed by atoms with Crippen molar-refractivity contribution in [3.05, 3.63) is 71.8 Å². The molecule has 1 fully saturated rings. The van der Waals surface area contributed by atoms with E-state index in [1.807, 2.05) is 6.07 Å². The normalized spacial score (nSPS) is 17.5. The van der Waals surface area contributed by atoms with Crippen molar-refractivity contribution in [3.8, 4) is 23.1 Å². The second-order valence-corrected chi connectivity index (χ2v) is 8.55. The zero-order chi connectivity index (χ0) is 25.0. The van der Waals surface area contributed by atoms with E-state index in [1.165, 1.54) is 26.5 Å². The highest BCUT2D eigenvalue weighted by Gasteiger charge is 2.43. The lowest BCUT2D eigenvalue weighted by Gasteiger charge is -2.13. The zero-order valence-corrected chi connectivity index (χ0v) is 19.2. The van der Waals surface area contributed by atoms with Gasteiger partial charge in [-0.1, -0.05) is 6.07 Å². The Bertz CT molecular complexity index is 1620. The fraction of sp³-hybridized carbons (Fsp3) is 0.240. The molecule has 8 nitrogen and oxygen atoms in total. The Morgan fingerprint density at radius 1 is 1.00 bits per heavy atom. The van der Waals surface area contributed by atoms with Crippen molar-refractivity contribution in [2.24, 2.45) is 0 Å². The van der Waals surface area contributed by atoms with Crippen LogP contribution in [0.3, 0.4) is 0 Å². The summed E-state index contributed by atoms with van der Waals surface area (Å²) in [5, 5.41) is 5.09. The number of halogens is 3. The van der Waals surface area contributed by atoms with Crippen LogP contribution in [0.25, 0.3) is 27.8 Å². The monoisotopic (exact) mass is 492 g/mol. The Morgan fingerprint density at radius 2 is 1.86 bits per heavy atom. The van der Waals surface area contributed by atoms with Crippen molar-refractivity contribution >= 4 is 16.6 Å². The van der Waals surface area contributed by atoms with Gasteiger partial charge in [-0.05, 0) is 48.1 Å². The molecule has 182 valence electrons. The Hall–Kier alpha value is -4.28. The molecule has 0 radical (unpaired) electrons. The molecule has 6 rings (SSSR count). The first-order valence-corrected chi connectivity index (χ1v) is 11.1. The molecule has 1 aliphatic carbocycles. The number of methoxy groups -OCH3 is 2. The summed E-state index contributed by atoms with van der Waals surface area (Å²) in [7, 11) is 2.95. The third-order valence-corrected chi connectivity index (χ3v) is 6.42. The van der Waals surface area contributed by atoms with Crippen LogP contribution in [0.1, 0.15) is 34.9 Å². The second-order valence-electron chi connectivity index (χ2n) is 8.55. The van der Waals surface area contributed by atoms with Crippen LogP contribution in [0.4, 0.5) is 13.2 Å². The summed E-state index contributed by atoms with van der Waals surface area (Å²) in [6.45, 7) is 0. The fourth-order valence-corrected chi connectivity index (χ4v) is 4.68. The predicted molar refractivity (Wildman–Crippen MR) is 124 cm³/mol. The molecule has 2 atom stereocenters. The number of imidazole rings is 1. The minimum atomic E-state index is -4.50. The zero-order valence-electron chi connectivity index (χ0n) is 19.2. The van der Waals surface area contributed by atoms with Gasteiger partial charge in [0.25, 0.3) is 0 Å². The van der Waals surface area contributed by atoms with E-state index in [0.717, 1.165) is 5.56 Å². The SMILES string of the molecule is COc1ncc(-c2cc([C@H]3C[C@@H]3c3cc(C(F)(F)F)c4ncccc4c3)c3nccn3n2)c(OC)n1. The summed E-state index contributed by atoms with van der Waals surface area (Å²) in [5.74, 6) is 0.168. The van der Waals surface area contributed by atoms with Gasteiger partial charge in [-0.2, -0.15) is 23.3 Å². The Labute approximate surface area is 202 Å². The van der Waals surface area contributed by atoms with Crippen molar-refractivity contribution in [1.82, 2.24) is 29.5 Å². The lowest BCUT2D eigenvalue weighted by molar-refractivity contribution is -0.136. The number of pyridine rings is 1. The second kappa shape index (κ2) is 8.14. The molecule has 0 bridgehead atoms. The summed E-state index contributed by atoms with van der Waals surface area (Å²) in [6.07, 6.45) is 2.49. The molecule has 0 amide bonds. The van der Waals surface area contributed by atoms with Gasteiger partial charge in [0.15, 0.2) is 5.65 Å². The van der Waals surface area contributed by atoms with Gasteiger partial charge in [0, 0.05) is 35.7 Å². The molecule has 0 saturated heterocycles. The molecule has 4 heterocycles. The van der Waals surface area contributed by atoms with Crippen molar-refractivity contribution in [3.63, 3.8) is 0 Å². The average Bonchev–Trinajstić information content (AvgIpc) is 3.54.